The number of hydrogen-bond donors (Lipinski definition) is 2. The van der Waals surface area contributed by atoms with E-state index in [1.807, 2.05) is 31.3 Å². The van der Waals surface area contributed by atoms with Crippen molar-refractivity contribution in [3.8, 4) is 0 Å². The van der Waals surface area contributed by atoms with Crippen LogP contribution in [-0.2, 0) is 6.54 Å². The van der Waals surface area contributed by atoms with Gasteiger partial charge in [-0.05, 0) is 31.5 Å². The summed E-state index contributed by atoms with van der Waals surface area (Å²) in [6.07, 6.45) is 1.85. The number of aromatic nitrogens is 2. The van der Waals surface area contributed by atoms with E-state index in [4.69, 9.17) is 11.6 Å². The zero-order valence-corrected chi connectivity index (χ0v) is 10.8. The van der Waals surface area contributed by atoms with Crippen LogP contribution in [0, 0.1) is 6.92 Å². The predicted molar refractivity (Wildman–Crippen MR) is 70.0 cm³/mol. The number of nitrogens with zero attached hydrogens (tertiary/aromatic N) is 1. The number of rotatable bonds is 4. The summed E-state index contributed by atoms with van der Waals surface area (Å²) in [5.41, 5.74) is 3.49. The van der Waals surface area contributed by atoms with E-state index >= 15 is 0 Å². The van der Waals surface area contributed by atoms with Crippen LogP contribution in [0.15, 0.2) is 30.5 Å². The van der Waals surface area contributed by atoms with Gasteiger partial charge in [0.05, 0.1) is 6.20 Å². The smallest absolute Gasteiger partial charge is 0.0535 e. The van der Waals surface area contributed by atoms with E-state index in [0.717, 1.165) is 17.3 Å². The summed E-state index contributed by atoms with van der Waals surface area (Å²) in [4.78, 5) is 0. The highest BCUT2D eigenvalue weighted by Crippen LogP contribution is 2.17. The molecule has 1 heterocycles. The van der Waals surface area contributed by atoms with Crippen LogP contribution < -0.4 is 5.32 Å². The highest BCUT2D eigenvalue weighted by molar-refractivity contribution is 6.30. The average molecular weight is 250 g/mol. The fourth-order valence-corrected chi connectivity index (χ4v) is 1.91. The number of aryl methyl sites for hydroxylation is 1. The van der Waals surface area contributed by atoms with E-state index < -0.39 is 0 Å². The van der Waals surface area contributed by atoms with Crippen molar-refractivity contribution in [3.63, 3.8) is 0 Å². The molecule has 3 nitrogen and oxygen atoms in total. The second-order valence-corrected chi connectivity index (χ2v) is 4.61. The lowest BCUT2D eigenvalue weighted by molar-refractivity contribution is 0.573. The van der Waals surface area contributed by atoms with Gasteiger partial charge in [0.2, 0.25) is 0 Å². The molecule has 0 bridgehead atoms. The topological polar surface area (TPSA) is 40.7 Å². The maximum Gasteiger partial charge on any atom is 0.0535 e. The average Bonchev–Trinajstić information content (AvgIpc) is 2.72. The lowest BCUT2D eigenvalue weighted by Gasteiger charge is -2.14. The van der Waals surface area contributed by atoms with Gasteiger partial charge in [0.15, 0.2) is 0 Å². The fourth-order valence-electron chi connectivity index (χ4n) is 1.71. The van der Waals surface area contributed by atoms with Crippen molar-refractivity contribution < 1.29 is 0 Å². The summed E-state index contributed by atoms with van der Waals surface area (Å²) in [6, 6.07) is 8.19. The highest BCUT2D eigenvalue weighted by atomic mass is 35.5. The number of aromatic amines is 1. The Kier molecular flexibility index (Phi) is 3.82. The van der Waals surface area contributed by atoms with Gasteiger partial charge in [-0.2, -0.15) is 5.10 Å². The minimum absolute atomic E-state index is 0.267. The van der Waals surface area contributed by atoms with Crippen molar-refractivity contribution in [1.29, 1.82) is 0 Å². The number of hydrogen-bond acceptors (Lipinski definition) is 2. The molecule has 0 fully saturated rings. The van der Waals surface area contributed by atoms with Crippen LogP contribution in [0.4, 0.5) is 0 Å². The Morgan fingerprint density at radius 3 is 2.94 bits per heavy atom. The van der Waals surface area contributed by atoms with E-state index in [1.165, 1.54) is 11.1 Å². The summed E-state index contributed by atoms with van der Waals surface area (Å²) in [5, 5.41) is 11.2. The Balaban J connectivity index is 1.98. The third-order valence-electron chi connectivity index (χ3n) is 2.88. The van der Waals surface area contributed by atoms with E-state index in [1.54, 1.807) is 0 Å². The van der Waals surface area contributed by atoms with Crippen molar-refractivity contribution in [2.24, 2.45) is 0 Å². The molecule has 2 rings (SSSR count). The monoisotopic (exact) mass is 249 g/mol. The Labute approximate surface area is 106 Å². The van der Waals surface area contributed by atoms with Gasteiger partial charge in [-0.3, -0.25) is 5.10 Å². The largest absolute Gasteiger partial charge is 0.306 e. The maximum absolute atomic E-state index is 5.97. The number of halogens is 1. The van der Waals surface area contributed by atoms with Crippen LogP contribution in [0.2, 0.25) is 5.02 Å². The first-order chi connectivity index (χ1) is 8.16. The standard InChI is InChI=1S/C13H16ClN3/c1-9(11-4-3-5-13(14)6-11)15-7-12-8-16-17-10(12)2/h3-6,8-9,15H,7H2,1-2H3,(H,16,17)/t9-/m0/s1. The van der Waals surface area contributed by atoms with Crippen molar-refractivity contribution in [2.45, 2.75) is 26.4 Å². The summed E-state index contributed by atoms with van der Waals surface area (Å²) >= 11 is 5.97. The van der Waals surface area contributed by atoms with Gasteiger partial charge >= 0.3 is 0 Å². The molecule has 0 aliphatic rings. The van der Waals surface area contributed by atoms with Crippen molar-refractivity contribution in [1.82, 2.24) is 15.5 Å². The summed E-state index contributed by atoms with van der Waals surface area (Å²) in [6.45, 7) is 4.95. The lowest BCUT2D eigenvalue weighted by Crippen LogP contribution is -2.18. The summed E-state index contributed by atoms with van der Waals surface area (Å²) in [7, 11) is 0. The first-order valence-corrected chi connectivity index (χ1v) is 6.02. The van der Waals surface area contributed by atoms with E-state index in [9.17, 15) is 0 Å². The predicted octanol–water partition coefficient (Wildman–Crippen LogP) is 3.22. The van der Waals surface area contributed by atoms with Gasteiger partial charge in [-0.15, -0.1) is 0 Å². The summed E-state index contributed by atoms with van der Waals surface area (Å²) in [5.74, 6) is 0. The molecule has 0 aliphatic heterocycles. The second kappa shape index (κ2) is 5.34. The molecular weight excluding hydrogens is 234 g/mol. The Morgan fingerprint density at radius 2 is 2.29 bits per heavy atom. The molecule has 4 heteroatoms. The molecule has 0 aliphatic carbocycles. The summed E-state index contributed by atoms with van der Waals surface area (Å²) < 4.78 is 0. The molecule has 0 saturated carbocycles. The minimum Gasteiger partial charge on any atom is -0.306 e. The second-order valence-electron chi connectivity index (χ2n) is 4.18. The van der Waals surface area contributed by atoms with Crippen molar-refractivity contribution >= 4 is 11.6 Å². The van der Waals surface area contributed by atoms with Crippen LogP contribution in [0.5, 0.6) is 0 Å². The number of H-pyrrole nitrogens is 1. The van der Waals surface area contributed by atoms with Crippen LogP contribution in [0.3, 0.4) is 0 Å². The van der Waals surface area contributed by atoms with E-state index in [-0.39, 0.29) is 6.04 Å². The molecule has 0 saturated heterocycles. The molecule has 1 aromatic heterocycles. The van der Waals surface area contributed by atoms with Crippen LogP contribution in [-0.4, -0.2) is 10.2 Å². The Morgan fingerprint density at radius 1 is 1.47 bits per heavy atom. The van der Waals surface area contributed by atoms with Gasteiger partial charge in [-0.25, -0.2) is 0 Å². The Bertz CT molecular complexity index is 493. The molecule has 0 unspecified atom stereocenters. The van der Waals surface area contributed by atoms with Crippen molar-refractivity contribution in [3.05, 3.63) is 52.3 Å². The fraction of sp³-hybridized carbons (Fsp3) is 0.308. The van der Waals surface area contributed by atoms with Gasteiger partial charge < -0.3 is 5.32 Å². The number of benzene rings is 1. The molecule has 2 N–H and O–H groups in total. The van der Waals surface area contributed by atoms with E-state index in [2.05, 4.69) is 28.5 Å². The van der Waals surface area contributed by atoms with Gasteiger partial charge in [0.1, 0.15) is 0 Å². The van der Waals surface area contributed by atoms with Gasteiger partial charge in [0.25, 0.3) is 0 Å². The highest BCUT2D eigenvalue weighted by Gasteiger charge is 2.06. The maximum atomic E-state index is 5.97. The molecular formula is C13H16ClN3. The zero-order chi connectivity index (χ0) is 12.3. The molecule has 90 valence electrons. The minimum atomic E-state index is 0.267. The first kappa shape index (κ1) is 12.1. The molecule has 0 spiro atoms. The third-order valence-corrected chi connectivity index (χ3v) is 3.12. The van der Waals surface area contributed by atoms with Crippen LogP contribution in [0.25, 0.3) is 0 Å². The van der Waals surface area contributed by atoms with Crippen LogP contribution in [0.1, 0.15) is 29.8 Å². The third kappa shape index (κ3) is 3.08. The van der Waals surface area contributed by atoms with Crippen LogP contribution >= 0.6 is 11.6 Å². The zero-order valence-electron chi connectivity index (χ0n) is 10.00. The molecule has 1 atom stereocenters. The number of nitrogens with one attached hydrogen (secondary N) is 2. The molecule has 17 heavy (non-hydrogen) atoms. The lowest BCUT2D eigenvalue weighted by atomic mass is 10.1. The quantitative estimate of drug-likeness (QED) is 0.874. The SMILES string of the molecule is Cc1[nH]ncc1CN[C@@H](C)c1cccc(Cl)c1. The van der Waals surface area contributed by atoms with Crippen molar-refractivity contribution in [2.75, 3.05) is 0 Å². The first-order valence-electron chi connectivity index (χ1n) is 5.64. The van der Waals surface area contributed by atoms with Gasteiger partial charge in [0, 0.05) is 28.9 Å². The van der Waals surface area contributed by atoms with E-state index in [0.29, 0.717) is 0 Å². The Hall–Kier alpha value is -1.32. The molecule has 0 amide bonds. The van der Waals surface area contributed by atoms with Gasteiger partial charge in [-0.1, -0.05) is 23.7 Å². The normalized spacial score (nSPS) is 12.6. The molecule has 0 radical (unpaired) electrons. The molecule has 1 aromatic carbocycles. The molecule has 2 aromatic rings.